The first-order valence-corrected chi connectivity index (χ1v) is 10.6. The molecule has 7 atom stereocenters. The fourth-order valence-electron chi connectivity index (χ4n) is 2.23. The van der Waals surface area contributed by atoms with Crippen molar-refractivity contribution in [3.05, 3.63) is 0 Å². The highest BCUT2D eigenvalue weighted by molar-refractivity contribution is 5.88. The Morgan fingerprint density at radius 3 is 0.457 bits per heavy atom. The van der Waals surface area contributed by atoms with E-state index in [1.165, 1.54) is 0 Å². The lowest BCUT2D eigenvalue weighted by Crippen LogP contribution is -2.38. The number of carbonyl (C=O) groups is 7. The van der Waals surface area contributed by atoms with Crippen LogP contribution in [0, 0.1) is 0 Å². The smallest absolute Gasteiger partial charge is 0.347 e. The minimum Gasteiger partial charge on any atom is -0.448 e. The average Bonchev–Trinajstić information content (AvgIpc) is 2.77. The first-order valence-electron chi connectivity index (χ1n) is 10.6. The summed E-state index contributed by atoms with van der Waals surface area (Å²) in [5.74, 6) is -7.91. The van der Waals surface area contributed by atoms with Crippen LogP contribution in [0.1, 0.15) is 48.5 Å². The minimum atomic E-state index is -1.50. The Balaban J connectivity index is 3.09. The number of hydrogen-bond acceptors (Lipinski definition) is 14. The highest BCUT2D eigenvalue weighted by Crippen LogP contribution is 2.10. The molecule has 1 aliphatic rings. The highest BCUT2D eigenvalue weighted by atomic mass is 16.7. The van der Waals surface area contributed by atoms with Gasteiger partial charge in [-0.1, -0.05) is 0 Å². The molecular formula is C21H28O14. The Kier molecular flexibility index (Phi) is 10.6. The van der Waals surface area contributed by atoms with Crippen molar-refractivity contribution in [1.82, 2.24) is 0 Å². The predicted octanol–water partition coefficient (Wildman–Crippen LogP) is -0.478. The second-order valence-electron chi connectivity index (χ2n) is 7.55. The molecule has 0 amide bonds. The van der Waals surface area contributed by atoms with Crippen molar-refractivity contribution in [1.29, 1.82) is 0 Å². The molecule has 0 aromatic carbocycles. The van der Waals surface area contributed by atoms with Gasteiger partial charge in [-0.05, 0) is 48.5 Å². The molecule has 1 fully saturated rings. The number of carbonyl (C=O) groups excluding carboxylic acids is 7. The zero-order valence-electron chi connectivity index (χ0n) is 20.3. The maximum atomic E-state index is 12.1. The molecule has 1 rings (SSSR count). The van der Waals surface area contributed by atoms with E-state index in [0.29, 0.717) is 0 Å². The fourth-order valence-corrected chi connectivity index (χ4v) is 2.23. The van der Waals surface area contributed by atoms with E-state index in [4.69, 9.17) is 33.2 Å². The molecule has 0 radical (unpaired) electrons. The Morgan fingerprint density at radius 1 is 0.286 bits per heavy atom. The van der Waals surface area contributed by atoms with Crippen molar-refractivity contribution in [2.45, 2.75) is 91.2 Å². The largest absolute Gasteiger partial charge is 0.448 e. The molecular weight excluding hydrogens is 476 g/mol. The summed E-state index contributed by atoms with van der Waals surface area (Å²) in [6.07, 6.45) is -10.5. The van der Waals surface area contributed by atoms with Crippen molar-refractivity contribution in [2.24, 2.45) is 0 Å². The molecule has 0 aliphatic carbocycles. The lowest BCUT2D eigenvalue weighted by molar-refractivity contribution is -0.187. The molecule has 1 aliphatic heterocycles. The summed E-state index contributed by atoms with van der Waals surface area (Å²) in [6, 6.07) is 0. The second kappa shape index (κ2) is 12.7. The molecule has 0 saturated carbocycles. The molecule has 1 saturated heterocycles. The van der Waals surface area contributed by atoms with Crippen LogP contribution in [0.4, 0.5) is 0 Å². The third-order valence-corrected chi connectivity index (χ3v) is 4.37. The van der Waals surface area contributed by atoms with E-state index in [-0.39, 0.29) is 0 Å². The summed E-state index contributed by atoms with van der Waals surface area (Å²) >= 11 is 0. The summed E-state index contributed by atoms with van der Waals surface area (Å²) in [7, 11) is 0. The SMILES string of the molecule is C[C@@H]1OC(=O)[C@H](C)OC(=O)[C@H](C)OC(=O)[C@H](C)OC(=O)[C@H](C)OC(=O)[C@H](C)OC(=O)[C@H](C)OC1=O. The van der Waals surface area contributed by atoms with Gasteiger partial charge in [0, 0.05) is 0 Å². The summed E-state index contributed by atoms with van der Waals surface area (Å²) in [4.78, 5) is 84.9. The van der Waals surface area contributed by atoms with Gasteiger partial charge in [-0.15, -0.1) is 0 Å². The average molecular weight is 504 g/mol. The molecule has 14 heteroatoms. The van der Waals surface area contributed by atoms with Crippen LogP contribution in [0.5, 0.6) is 0 Å². The van der Waals surface area contributed by atoms with Gasteiger partial charge >= 0.3 is 41.8 Å². The van der Waals surface area contributed by atoms with Crippen LogP contribution in [-0.4, -0.2) is 84.5 Å². The van der Waals surface area contributed by atoms with E-state index in [9.17, 15) is 33.6 Å². The fraction of sp³-hybridized carbons (Fsp3) is 0.667. The number of hydrogen-bond donors (Lipinski definition) is 0. The van der Waals surface area contributed by atoms with Crippen LogP contribution in [0.25, 0.3) is 0 Å². The lowest BCUT2D eigenvalue weighted by Gasteiger charge is -2.20. The maximum Gasteiger partial charge on any atom is 0.347 e. The van der Waals surface area contributed by atoms with Gasteiger partial charge in [0.25, 0.3) is 0 Å². The number of esters is 7. The normalized spacial score (nSPS) is 33.0. The highest BCUT2D eigenvalue weighted by Gasteiger charge is 2.34. The molecule has 35 heavy (non-hydrogen) atoms. The van der Waals surface area contributed by atoms with E-state index < -0.39 is 84.5 Å². The number of cyclic esters (lactones) is 7. The van der Waals surface area contributed by atoms with Crippen LogP contribution in [0.15, 0.2) is 0 Å². The molecule has 0 aromatic rings. The van der Waals surface area contributed by atoms with Crippen molar-refractivity contribution < 1.29 is 66.7 Å². The number of rotatable bonds is 0. The van der Waals surface area contributed by atoms with Crippen LogP contribution in [0.3, 0.4) is 0 Å². The van der Waals surface area contributed by atoms with Gasteiger partial charge < -0.3 is 33.2 Å². The Labute approximate surface area is 200 Å². The molecule has 0 N–H and O–H groups in total. The van der Waals surface area contributed by atoms with E-state index in [2.05, 4.69) is 0 Å². The molecule has 0 spiro atoms. The zero-order valence-corrected chi connectivity index (χ0v) is 20.3. The van der Waals surface area contributed by atoms with E-state index in [1.54, 1.807) is 0 Å². The minimum absolute atomic E-state index is 1.13. The van der Waals surface area contributed by atoms with Crippen LogP contribution < -0.4 is 0 Å². The first kappa shape index (κ1) is 29.3. The van der Waals surface area contributed by atoms with Crippen LogP contribution >= 0.6 is 0 Å². The third-order valence-electron chi connectivity index (χ3n) is 4.37. The van der Waals surface area contributed by atoms with Crippen LogP contribution in [0.2, 0.25) is 0 Å². The van der Waals surface area contributed by atoms with Gasteiger partial charge in [0.1, 0.15) is 0 Å². The lowest BCUT2D eigenvalue weighted by atomic mass is 10.3. The van der Waals surface area contributed by atoms with Gasteiger partial charge in [0.05, 0.1) is 0 Å². The molecule has 0 aromatic heterocycles. The van der Waals surface area contributed by atoms with Gasteiger partial charge in [0.15, 0.2) is 42.7 Å². The summed E-state index contributed by atoms with van der Waals surface area (Å²) < 4.78 is 34.0. The predicted molar refractivity (Wildman–Crippen MR) is 109 cm³/mol. The van der Waals surface area contributed by atoms with Crippen molar-refractivity contribution >= 4 is 41.8 Å². The molecule has 14 nitrogen and oxygen atoms in total. The van der Waals surface area contributed by atoms with E-state index in [1.807, 2.05) is 0 Å². The van der Waals surface area contributed by atoms with E-state index in [0.717, 1.165) is 48.5 Å². The Bertz CT molecular complexity index is 668. The van der Waals surface area contributed by atoms with E-state index >= 15 is 0 Å². The zero-order chi connectivity index (χ0) is 27.0. The summed E-state index contributed by atoms with van der Waals surface area (Å²) in [5.41, 5.74) is 0. The van der Waals surface area contributed by atoms with Crippen molar-refractivity contribution in [2.75, 3.05) is 0 Å². The maximum absolute atomic E-state index is 12.1. The quantitative estimate of drug-likeness (QED) is 0.304. The van der Waals surface area contributed by atoms with Gasteiger partial charge in [-0.3, -0.25) is 0 Å². The van der Waals surface area contributed by atoms with Crippen LogP contribution in [-0.2, 0) is 66.7 Å². The molecule has 0 bridgehead atoms. The van der Waals surface area contributed by atoms with Crippen molar-refractivity contribution in [3.63, 3.8) is 0 Å². The first-order chi connectivity index (χ1) is 16.1. The van der Waals surface area contributed by atoms with Gasteiger partial charge in [0.2, 0.25) is 0 Å². The Hall–Kier alpha value is -3.71. The molecule has 0 unspecified atom stereocenters. The standard InChI is InChI=1S/C21H28O14/c1-8-15(22)30-10(3)17(24)32-12(5)19(26)34-14(7)21(28)35-13(6)20(27)33-11(4)18(25)31-9(2)16(23)29-8/h8-14H,1-7H3/t8-,9-,10-,11-,12-,13-,14-/m0/s1. The van der Waals surface area contributed by atoms with Crippen molar-refractivity contribution in [3.8, 4) is 0 Å². The van der Waals surface area contributed by atoms with Gasteiger partial charge in [-0.25, -0.2) is 33.6 Å². The molecule has 1 heterocycles. The molecule has 196 valence electrons. The topological polar surface area (TPSA) is 184 Å². The number of ether oxygens (including phenoxy) is 7. The summed E-state index contributed by atoms with van der Waals surface area (Å²) in [5, 5.41) is 0. The van der Waals surface area contributed by atoms with Gasteiger partial charge in [-0.2, -0.15) is 0 Å². The summed E-state index contributed by atoms with van der Waals surface area (Å²) in [6.45, 7) is 8.02. The Morgan fingerprint density at radius 2 is 0.371 bits per heavy atom. The second-order valence-corrected chi connectivity index (χ2v) is 7.55. The third kappa shape index (κ3) is 8.87. The monoisotopic (exact) mass is 504 g/mol.